The fourth-order valence-corrected chi connectivity index (χ4v) is 2.12. The van der Waals surface area contributed by atoms with Gasteiger partial charge in [-0.1, -0.05) is 0 Å². The molecule has 2 rings (SSSR count). The van der Waals surface area contributed by atoms with E-state index in [1.54, 1.807) is 24.3 Å². The van der Waals surface area contributed by atoms with Crippen LogP contribution in [0.2, 0.25) is 0 Å². The third-order valence-electron chi connectivity index (χ3n) is 3.52. The Kier molecular flexibility index (Phi) is 5.77. The standard InChI is InChI=1S/C16H22N2O4/c1-2-22-13-7-5-12(6-8-13)18-16(21)15(20)17-10-9-14(19)11-3-4-11/h5-8,11,14,19H,2-4,9-10H2,1H3,(H,17,20)(H,18,21)/t14-/m0/s1. The van der Waals surface area contributed by atoms with E-state index in [2.05, 4.69) is 10.6 Å². The lowest BCUT2D eigenvalue weighted by atomic mass is 10.2. The van der Waals surface area contributed by atoms with E-state index in [-0.39, 0.29) is 6.10 Å². The molecular formula is C16H22N2O4. The molecule has 0 saturated heterocycles. The van der Waals surface area contributed by atoms with Crippen molar-refractivity contribution in [3.05, 3.63) is 24.3 Å². The molecule has 1 atom stereocenters. The molecule has 2 amide bonds. The number of aliphatic hydroxyl groups is 1. The number of benzene rings is 1. The zero-order valence-electron chi connectivity index (χ0n) is 12.7. The van der Waals surface area contributed by atoms with Gasteiger partial charge in [0.2, 0.25) is 0 Å². The maximum absolute atomic E-state index is 11.7. The lowest BCUT2D eigenvalue weighted by Crippen LogP contribution is -2.37. The molecule has 120 valence electrons. The number of hydrogen-bond acceptors (Lipinski definition) is 4. The second-order valence-corrected chi connectivity index (χ2v) is 5.36. The molecule has 1 aliphatic carbocycles. The molecule has 6 heteroatoms. The van der Waals surface area contributed by atoms with Crippen molar-refractivity contribution < 1.29 is 19.4 Å². The van der Waals surface area contributed by atoms with Crippen LogP contribution in [-0.2, 0) is 9.59 Å². The number of hydrogen-bond donors (Lipinski definition) is 3. The predicted octanol–water partition coefficient (Wildman–Crippen LogP) is 1.30. The highest BCUT2D eigenvalue weighted by molar-refractivity contribution is 6.39. The van der Waals surface area contributed by atoms with Crippen LogP contribution in [0.25, 0.3) is 0 Å². The van der Waals surface area contributed by atoms with Crippen molar-refractivity contribution in [2.45, 2.75) is 32.3 Å². The van der Waals surface area contributed by atoms with Crippen molar-refractivity contribution in [2.75, 3.05) is 18.5 Å². The fourth-order valence-electron chi connectivity index (χ4n) is 2.12. The second-order valence-electron chi connectivity index (χ2n) is 5.36. The molecule has 1 aromatic carbocycles. The van der Waals surface area contributed by atoms with Gasteiger partial charge in [-0.3, -0.25) is 9.59 Å². The number of amides is 2. The van der Waals surface area contributed by atoms with Crippen LogP contribution in [0.4, 0.5) is 5.69 Å². The highest BCUT2D eigenvalue weighted by Gasteiger charge is 2.29. The molecule has 0 unspecified atom stereocenters. The van der Waals surface area contributed by atoms with Crippen molar-refractivity contribution in [1.29, 1.82) is 0 Å². The molecule has 0 radical (unpaired) electrons. The monoisotopic (exact) mass is 306 g/mol. The van der Waals surface area contributed by atoms with Crippen molar-refractivity contribution in [3.8, 4) is 5.75 Å². The van der Waals surface area contributed by atoms with Gasteiger partial charge in [-0.05, 0) is 56.4 Å². The SMILES string of the molecule is CCOc1ccc(NC(=O)C(=O)NCC[C@H](O)C2CC2)cc1. The summed E-state index contributed by atoms with van der Waals surface area (Å²) in [6.07, 6.45) is 2.20. The van der Waals surface area contributed by atoms with Gasteiger partial charge in [0.25, 0.3) is 0 Å². The smallest absolute Gasteiger partial charge is 0.313 e. The summed E-state index contributed by atoms with van der Waals surface area (Å²) in [5, 5.41) is 14.7. The number of ether oxygens (including phenoxy) is 1. The molecule has 0 aliphatic heterocycles. The Morgan fingerprint density at radius 1 is 1.27 bits per heavy atom. The number of rotatable bonds is 7. The Morgan fingerprint density at radius 2 is 1.95 bits per heavy atom. The van der Waals surface area contributed by atoms with Crippen molar-refractivity contribution in [3.63, 3.8) is 0 Å². The summed E-state index contributed by atoms with van der Waals surface area (Å²) in [6, 6.07) is 6.80. The highest BCUT2D eigenvalue weighted by atomic mass is 16.5. The number of carbonyl (C=O) groups excluding carboxylic acids is 2. The van der Waals surface area contributed by atoms with Crippen molar-refractivity contribution in [2.24, 2.45) is 5.92 Å². The average Bonchev–Trinajstić information content (AvgIpc) is 3.34. The highest BCUT2D eigenvalue weighted by Crippen LogP contribution is 2.33. The third-order valence-corrected chi connectivity index (χ3v) is 3.52. The molecule has 0 heterocycles. The van der Waals surface area contributed by atoms with Crippen LogP contribution in [0.3, 0.4) is 0 Å². The molecule has 0 spiro atoms. The summed E-state index contributed by atoms with van der Waals surface area (Å²) in [4.78, 5) is 23.4. The summed E-state index contributed by atoms with van der Waals surface area (Å²) < 4.78 is 5.30. The number of anilines is 1. The van der Waals surface area contributed by atoms with Crippen LogP contribution in [0.5, 0.6) is 5.75 Å². The Hall–Kier alpha value is -2.08. The van der Waals surface area contributed by atoms with Crippen LogP contribution in [0, 0.1) is 5.92 Å². The largest absolute Gasteiger partial charge is 0.494 e. The average molecular weight is 306 g/mol. The number of aliphatic hydroxyl groups excluding tert-OH is 1. The summed E-state index contributed by atoms with van der Waals surface area (Å²) in [7, 11) is 0. The van der Waals surface area contributed by atoms with Gasteiger partial charge in [0.1, 0.15) is 5.75 Å². The van der Waals surface area contributed by atoms with Gasteiger partial charge < -0.3 is 20.5 Å². The minimum absolute atomic E-state index is 0.299. The molecule has 6 nitrogen and oxygen atoms in total. The topological polar surface area (TPSA) is 87.7 Å². The first-order chi connectivity index (χ1) is 10.6. The minimum atomic E-state index is -0.718. The van der Waals surface area contributed by atoms with Gasteiger partial charge in [0.15, 0.2) is 0 Å². The van der Waals surface area contributed by atoms with Crippen LogP contribution in [0.15, 0.2) is 24.3 Å². The Labute approximate surface area is 129 Å². The Bertz CT molecular complexity index is 511. The molecule has 3 N–H and O–H groups in total. The first-order valence-electron chi connectivity index (χ1n) is 7.60. The van der Waals surface area contributed by atoms with E-state index >= 15 is 0 Å². The van der Waals surface area contributed by atoms with Crippen molar-refractivity contribution in [1.82, 2.24) is 5.32 Å². The minimum Gasteiger partial charge on any atom is -0.494 e. The van der Waals surface area contributed by atoms with E-state index in [1.165, 1.54) is 0 Å². The lowest BCUT2D eigenvalue weighted by molar-refractivity contribution is -0.136. The summed E-state index contributed by atoms with van der Waals surface area (Å²) in [5.41, 5.74) is 0.529. The summed E-state index contributed by atoms with van der Waals surface area (Å²) in [5.74, 6) is -0.337. The van der Waals surface area contributed by atoms with Gasteiger partial charge in [0.05, 0.1) is 12.7 Å². The molecule has 22 heavy (non-hydrogen) atoms. The predicted molar refractivity (Wildman–Crippen MR) is 82.6 cm³/mol. The Morgan fingerprint density at radius 3 is 2.55 bits per heavy atom. The third kappa shape index (κ3) is 5.04. The number of nitrogens with one attached hydrogen (secondary N) is 2. The normalized spacial score (nSPS) is 15.0. The van der Waals surface area contributed by atoms with Gasteiger partial charge in [0, 0.05) is 12.2 Å². The quantitative estimate of drug-likeness (QED) is 0.663. The second kappa shape index (κ2) is 7.79. The number of carbonyl (C=O) groups is 2. The molecular weight excluding hydrogens is 284 g/mol. The molecule has 0 bridgehead atoms. The first kappa shape index (κ1) is 16.3. The van der Waals surface area contributed by atoms with Crippen LogP contribution >= 0.6 is 0 Å². The maximum Gasteiger partial charge on any atom is 0.313 e. The van der Waals surface area contributed by atoms with Gasteiger partial charge in [-0.15, -0.1) is 0 Å². The maximum atomic E-state index is 11.7. The molecule has 1 aliphatic rings. The summed E-state index contributed by atoms with van der Waals surface area (Å²) in [6.45, 7) is 2.76. The molecule has 1 saturated carbocycles. The van der Waals surface area contributed by atoms with E-state index < -0.39 is 11.8 Å². The van der Waals surface area contributed by atoms with Gasteiger partial charge >= 0.3 is 11.8 Å². The summed E-state index contributed by atoms with van der Waals surface area (Å²) >= 11 is 0. The zero-order valence-corrected chi connectivity index (χ0v) is 12.7. The molecule has 1 aromatic rings. The van der Waals surface area contributed by atoms with Crippen LogP contribution < -0.4 is 15.4 Å². The van der Waals surface area contributed by atoms with E-state index in [1.807, 2.05) is 6.92 Å². The molecule has 0 aromatic heterocycles. The van der Waals surface area contributed by atoms with E-state index in [0.29, 0.717) is 36.9 Å². The van der Waals surface area contributed by atoms with E-state index in [4.69, 9.17) is 4.74 Å². The first-order valence-corrected chi connectivity index (χ1v) is 7.60. The van der Waals surface area contributed by atoms with Crippen LogP contribution in [0.1, 0.15) is 26.2 Å². The fraction of sp³-hybridized carbons (Fsp3) is 0.500. The van der Waals surface area contributed by atoms with Crippen molar-refractivity contribution >= 4 is 17.5 Å². The zero-order chi connectivity index (χ0) is 15.9. The Balaban J connectivity index is 1.71. The lowest BCUT2D eigenvalue weighted by Gasteiger charge is -2.10. The van der Waals surface area contributed by atoms with Gasteiger partial charge in [-0.25, -0.2) is 0 Å². The van der Waals surface area contributed by atoms with E-state index in [0.717, 1.165) is 12.8 Å². The van der Waals surface area contributed by atoms with Crippen LogP contribution in [-0.4, -0.2) is 36.2 Å². The van der Waals surface area contributed by atoms with E-state index in [9.17, 15) is 14.7 Å². The van der Waals surface area contributed by atoms with Gasteiger partial charge in [-0.2, -0.15) is 0 Å². The molecule has 1 fully saturated rings.